The third kappa shape index (κ3) is 4.04. The summed E-state index contributed by atoms with van der Waals surface area (Å²) in [6.45, 7) is 0. The summed E-state index contributed by atoms with van der Waals surface area (Å²) in [5.74, 6) is 0.834. The van der Waals surface area contributed by atoms with Gasteiger partial charge >= 0.3 is 0 Å². The zero-order valence-corrected chi connectivity index (χ0v) is 12.6. The summed E-state index contributed by atoms with van der Waals surface area (Å²) in [7, 11) is 1.65. The molecule has 0 bridgehead atoms. The van der Waals surface area contributed by atoms with Crippen LogP contribution < -0.4 is 4.74 Å². The van der Waals surface area contributed by atoms with E-state index >= 15 is 0 Å². The van der Waals surface area contributed by atoms with E-state index in [1.807, 2.05) is 36.4 Å². The van der Waals surface area contributed by atoms with Crippen molar-refractivity contribution >= 4 is 34.8 Å². The van der Waals surface area contributed by atoms with Crippen molar-refractivity contribution in [2.24, 2.45) is 0 Å². The molecule has 2 aromatic carbocycles. The number of benzene rings is 2. The van der Waals surface area contributed by atoms with Crippen molar-refractivity contribution in [1.29, 1.82) is 0 Å². The first kappa shape index (κ1) is 14.5. The van der Waals surface area contributed by atoms with Gasteiger partial charge in [0.05, 0.1) is 12.5 Å². The highest BCUT2D eigenvalue weighted by Crippen LogP contribution is 2.30. The summed E-state index contributed by atoms with van der Waals surface area (Å²) in [6, 6.07) is 13.2. The fourth-order valence-electron chi connectivity index (χ4n) is 1.84. The molecular weight excluding hydrogens is 303 g/mol. The molecule has 0 aromatic heterocycles. The summed E-state index contributed by atoms with van der Waals surface area (Å²) in [4.78, 5) is 0. The molecule has 2 aromatic rings. The van der Waals surface area contributed by atoms with E-state index in [4.69, 9.17) is 39.5 Å². The predicted octanol–water partition coefficient (Wildman–Crippen LogP) is 5.52. The number of hydrogen-bond donors (Lipinski definition) is 0. The quantitative estimate of drug-likeness (QED) is 0.675. The molecule has 1 unspecified atom stereocenters. The van der Waals surface area contributed by atoms with E-state index in [0.29, 0.717) is 16.5 Å². The van der Waals surface area contributed by atoms with Crippen molar-refractivity contribution in [3.05, 3.63) is 63.6 Å². The SMILES string of the molecule is COc1ccc(CC(Cl)c2cc(Cl)cc(Cl)c2)cc1. The van der Waals surface area contributed by atoms with E-state index < -0.39 is 0 Å². The smallest absolute Gasteiger partial charge is 0.118 e. The van der Waals surface area contributed by atoms with Gasteiger partial charge in [-0.25, -0.2) is 0 Å². The molecule has 1 atom stereocenters. The highest BCUT2D eigenvalue weighted by molar-refractivity contribution is 6.35. The van der Waals surface area contributed by atoms with E-state index in [0.717, 1.165) is 16.9 Å². The third-order valence-corrected chi connectivity index (χ3v) is 3.66. The van der Waals surface area contributed by atoms with Gasteiger partial charge in [0.25, 0.3) is 0 Å². The molecule has 0 saturated carbocycles. The average Bonchev–Trinajstić information content (AvgIpc) is 2.38. The van der Waals surface area contributed by atoms with Gasteiger partial charge in [-0.1, -0.05) is 35.3 Å². The second kappa shape index (κ2) is 6.51. The Hall–Kier alpha value is -0.890. The maximum absolute atomic E-state index is 6.41. The Morgan fingerprint density at radius 3 is 2.11 bits per heavy atom. The molecule has 0 N–H and O–H groups in total. The van der Waals surface area contributed by atoms with Crippen molar-refractivity contribution in [3.63, 3.8) is 0 Å². The lowest BCUT2D eigenvalue weighted by Crippen LogP contribution is -1.96. The van der Waals surface area contributed by atoms with Crippen molar-refractivity contribution in [1.82, 2.24) is 0 Å². The Balaban J connectivity index is 2.13. The van der Waals surface area contributed by atoms with Gasteiger partial charge in [-0.3, -0.25) is 0 Å². The van der Waals surface area contributed by atoms with Gasteiger partial charge < -0.3 is 4.74 Å². The minimum absolute atomic E-state index is 0.162. The molecule has 0 amide bonds. The Labute approximate surface area is 128 Å². The fourth-order valence-corrected chi connectivity index (χ4v) is 2.69. The van der Waals surface area contributed by atoms with E-state index in [9.17, 15) is 0 Å². The maximum Gasteiger partial charge on any atom is 0.118 e. The van der Waals surface area contributed by atoms with Crippen molar-refractivity contribution in [2.75, 3.05) is 7.11 Å². The van der Waals surface area contributed by atoms with Crippen LogP contribution >= 0.6 is 34.8 Å². The second-order valence-corrected chi connectivity index (χ2v) is 5.62. The number of methoxy groups -OCH3 is 1. The van der Waals surface area contributed by atoms with Crippen molar-refractivity contribution in [2.45, 2.75) is 11.8 Å². The van der Waals surface area contributed by atoms with Gasteiger partial charge in [-0.15, -0.1) is 11.6 Å². The Morgan fingerprint density at radius 1 is 1.00 bits per heavy atom. The van der Waals surface area contributed by atoms with Gasteiger partial charge in [-0.2, -0.15) is 0 Å². The van der Waals surface area contributed by atoms with Crippen LogP contribution in [0.5, 0.6) is 5.75 Å². The molecule has 0 aliphatic heterocycles. The molecule has 1 nitrogen and oxygen atoms in total. The lowest BCUT2D eigenvalue weighted by atomic mass is 10.0. The topological polar surface area (TPSA) is 9.23 Å². The Kier molecular flexibility index (Phi) is 4.98. The van der Waals surface area contributed by atoms with Crippen LogP contribution in [-0.4, -0.2) is 7.11 Å². The van der Waals surface area contributed by atoms with Crippen LogP contribution in [0.4, 0.5) is 0 Å². The summed E-state index contributed by atoms with van der Waals surface area (Å²) in [5.41, 5.74) is 2.06. The van der Waals surface area contributed by atoms with E-state index in [1.165, 1.54) is 0 Å². The number of rotatable bonds is 4. The standard InChI is InChI=1S/C15H13Cl3O/c1-19-14-4-2-10(3-5-14)6-15(18)11-7-12(16)9-13(17)8-11/h2-5,7-9,15H,6H2,1H3. The van der Waals surface area contributed by atoms with Crippen LogP contribution in [-0.2, 0) is 6.42 Å². The average molecular weight is 316 g/mol. The van der Waals surface area contributed by atoms with E-state index in [-0.39, 0.29) is 5.38 Å². The van der Waals surface area contributed by atoms with Crippen molar-refractivity contribution in [3.8, 4) is 5.75 Å². The van der Waals surface area contributed by atoms with E-state index in [1.54, 1.807) is 13.2 Å². The zero-order valence-electron chi connectivity index (χ0n) is 10.4. The first-order valence-corrected chi connectivity index (χ1v) is 7.00. The summed E-state index contributed by atoms with van der Waals surface area (Å²) in [5, 5.41) is 1.04. The molecule has 19 heavy (non-hydrogen) atoms. The van der Waals surface area contributed by atoms with Gasteiger partial charge in [0, 0.05) is 10.0 Å². The van der Waals surface area contributed by atoms with Crippen LogP contribution in [0.15, 0.2) is 42.5 Å². The van der Waals surface area contributed by atoms with Crippen LogP contribution in [0.2, 0.25) is 10.0 Å². The highest BCUT2D eigenvalue weighted by atomic mass is 35.5. The van der Waals surface area contributed by atoms with Crippen LogP contribution in [0.3, 0.4) is 0 Å². The Morgan fingerprint density at radius 2 is 1.58 bits per heavy atom. The minimum atomic E-state index is -0.162. The number of alkyl halides is 1. The first-order valence-electron chi connectivity index (χ1n) is 5.81. The molecule has 0 spiro atoms. The second-order valence-electron chi connectivity index (χ2n) is 4.22. The predicted molar refractivity (Wildman–Crippen MR) is 81.8 cm³/mol. The highest BCUT2D eigenvalue weighted by Gasteiger charge is 2.11. The molecule has 2 rings (SSSR count). The fraction of sp³-hybridized carbons (Fsp3) is 0.200. The lowest BCUT2D eigenvalue weighted by molar-refractivity contribution is 0.414. The van der Waals surface area contributed by atoms with Gasteiger partial charge in [0.15, 0.2) is 0 Å². The molecule has 100 valence electrons. The lowest BCUT2D eigenvalue weighted by Gasteiger charge is -2.11. The van der Waals surface area contributed by atoms with Crippen LogP contribution in [0.1, 0.15) is 16.5 Å². The molecule has 0 heterocycles. The molecular formula is C15H13Cl3O. The first-order chi connectivity index (χ1) is 9.08. The molecule has 0 saturated heterocycles. The van der Waals surface area contributed by atoms with Gasteiger partial charge in [-0.05, 0) is 47.9 Å². The largest absolute Gasteiger partial charge is 0.497 e. The monoisotopic (exact) mass is 314 g/mol. The van der Waals surface area contributed by atoms with Crippen LogP contribution in [0, 0.1) is 0 Å². The summed E-state index contributed by atoms with van der Waals surface area (Å²) in [6.07, 6.45) is 0.711. The van der Waals surface area contributed by atoms with Crippen LogP contribution in [0.25, 0.3) is 0 Å². The molecule has 0 radical (unpaired) electrons. The summed E-state index contributed by atoms with van der Waals surface area (Å²) < 4.78 is 5.12. The van der Waals surface area contributed by atoms with E-state index in [2.05, 4.69) is 0 Å². The van der Waals surface area contributed by atoms with Gasteiger partial charge in [0.2, 0.25) is 0 Å². The minimum Gasteiger partial charge on any atom is -0.497 e. The number of hydrogen-bond acceptors (Lipinski definition) is 1. The van der Waals surface area contributed by atoms with Gasteiger partial charge in [0.1, 0.15) is 5.75 Å². The number of ether oxygens (including phenoxy) is 1. The zero-order chi connectivity index (χ0) is 13.8. The Bertz CT molecular complexity index is 532. The third-order valence-electron chi connectivity index (χ3n) is 2.82. The normalized spacial score (nSPS) is 12.2. The molecule has 0 aliphatic rings. The molecule has 0 fully saturated rings. The molecule has 4 heteroatoms. The summed E-state index contributed by atoms with van der Waals surface area (Å²) >= 11 is 18.4. The maximum atomic E-state index is 6.41. The molecule has 0 aliphatic carbocycles. The number of halogens is 3. The van der Waals surface area contributed by atoms with Crippen molar-refractivity contribution < 1.29 is 4.74 Å².